The highest BCUT2D eigenvalue weighted by Gasteiger charge is 2.15. The minimum Gasteiger partial charge on any atom is -0.383 e. The maximum absolute atomic E-state index is 11.7. The third kappa shape index (κ3) is 6.09. The largest absolute Gasteiger partial charge is 0.383 e. The van der Waals surface area contributed by atoms with E-state index < -0.39 is 19.0 Å². The summed E-state index contributed by atoms with van der Waals surface area (Å²) in [5.41, 5.74) is 0.650. The molecule has 27 heavy (non-hydrogen) atoms. The molecular formula is C16H20N2O6S3. The molecule has 0 aliphatic carbocycles. The lowest BCUT2D eigenvalue weighted by Gasteiger charge is -2.12. The summed E-state index contributed by atoms with van der Waals surface area (Å²) in [5.74, 6) is -0.573. The van der Waals surface area contributed by atoms with E-state index in [4.69, 9.17) is 0 Å². The molecule has 0 atom stereocenters. The average Bonchev–Trinajstić information content (AvgIpc) is 2.62. The molecule has 11 heteroatoms. The predicted molar refractivity (Wildman–Crippen MR) is 107 cm³/mol. The van der Waals surface area contributed by atoms with Crippen LogP contribution in [0.5, 0.6) is 0 Å². The number of carbonyl (C=O) groups excluding carboxylic acids is 1. The Kier molecular flexibility index (Phi) is 7.09. The second kappa shape index (κ2) is 8.91. The van der Waals surface area contributed by atoms with E-state index in [1.165, 1.54) is 18.4 Å². The van der Waals surface area contributed by atoms with Crippen molar-refractivity contribution in [1.82, 2.24) is 5.32 Å². The van der Waals surface area contributed by atoms with Gasteiger partial charge in [0.25, 0.3) is 10.1 Å². The van der Waals surface area contributed by atoms with Crippen LogP contribution in [0.25, 0.3) is 10.8 Å². The molecular weight excluding hydrogens is 412 g/mol. The summed E-state index contributed by atoms with van der Waals surface area (Å²) < 4.78 is 55.0. The van der Waals surface area contributed by atoms with Gasteiger partial charge in [-0.1, -0.05) is 24.3 Å². The summed E-state index contributed by atoms with van der Waals surface area (Å²) in [7, 11) is -6.88. The fraction of sp³-hybridized carbons (Fsp3) is 0.312. The van der Waals surface area contributed by atoms with Crippen molar-refractivity contribution in [3.8, 4) is 0 Å². The van der Waals surface area contributed by atoms with Crippen molar-refractivity contribution in [2.45, 2.75) is 11.3 Å². The maximum Gasteiger partial charge on any atom is 0.295 e. The smallest absolute Gasteiger partial charge is 0.295 e. The molecule has 0 fully saturated rings. The number of hydrogen-bond acceptors (Lipinski definition) is 7. The van der Waals surface area contributed by atoms with Crippen LogP contribution in [0.1, 0.15) is 6.42 Å². The lowest BCUT2D eigenvalue weighted by Crippen LogP contribution is -2.29. The SMILES string of the molecule is CSS(=O)(=O)CCC(=O)NCCNc1cccc2c(S(=O)(=O)O)cccc12. The van der Waals surface area contributed by atoms with Crippen LogP contribution in [0.4, 0.5) is 5.69 Å². The van der Waals surface area contributed by atoms with Gasteiger partial charge in [0.1, 0.15) is 4.90 Å². The first-order valence-corrected chi connectivity index (χ1v) is 12.8. The molecule has 3 N–H and O–H groups in total. The summed E-state index contributed by atoms with van der Waals surface area (Å²) >= 11 is 0. The Morgan fingerprint density at radius 1 is 1.04 bits per heavy atom. The number of nitrogens with one attached hydrogen (secondary N) is 2. The van der Waals surface area contributed by atoms with Gasteiger partial charge in [-0.3, -0.25) is 9.35 Å². The van der Waals surface area contributed by atoms with Crippen LogP contribution >= 0.6 is 10.8 Å². The molecule has 0 spiro atoms. The molecule has 0 radical (unpaired) electrons. The van der Waals surface area contributed by atoms with Crippen LogP contribution in [0, 0.1) is 0 Å². The molecule has 148 valence electrons. The first kappa shape index (κ1) is 21.5. The molecule has 2 aromatic rings. The number of anilines is 1. The lowest BCUT2D eigenvalue weighted by atomic mass is 10.1. The Balaban J connectivity index is 1.97. The van der Waals surface area contributed by atoms with Crippen LogP contribution in [0.2, 0.25) is 0 Å². The third-order valence-electron chi connectivity index (χ3n) is 3.76. The highest BCUT2D eigenvalue weighted by molar-refractivity contribution is 8.71. The van der Waals surface area contributed by atoms with Crippen LogP contribution in [0.3, 0.4) is 0 Å². The van der Waals surface area contributed by atoms with Crippen molar-refractivity contribution in [1.29, 1.82) is 0 Å². The molecule has 0 aliphatic rings. The van der Waals surface area contributed by atoms with Crippen LogP contribution < -0.4 is 10.6 Å². The van der Waals surface area contributed by atoms with Crippen molar-refractivity contribution in [3.05, 3.63) is 36.4 Å². The van der Waals surface area contributed by atoms with E-state index in [0.29, 0.717) is 23.0 Å². The molecule has 0 saturated heterocycles. The predicted octanol–water partition coefficient (Wildman–Crippen LogP) is 1.70. The Morgan fingerprint density at radius 2 is 1.70 bits per heavy atom. The van der Waals surface area contributed by atoms with Gasteiger partial charge in [-0.25, -0.2) is 8.42 Å². The zero-order valence-electron chi connectivity index (χ0n) is 14.5. The molecule has 2 aromatic carbocycles. The second-order valence-electron chi connectivity index (χ2n) is 5.59. The van der Waals surface area contributed by atoms with Crippen molar-refractivity contribution in [3.63, 3.8) is 0 Å². The van der Waals surface area contributed by atoms with E-state index in [9.17, 15) is 26.2 Å². The Labute approximate surface area is 161 Å². The van der Waals surface area contributed by atoms with Crippen molar-refractivity contribution < 1.29 is 26.2 Å². The lowest BCUT2D eigenvalue weighted by molar-refractivity contribution is -0.120. The summed E-state index contributed by atoms with van der Waals surface area (Å²) in [6, 6.07) is 9.58. The number of fused-ring (bicyclic) bond motifs is 1. The van der Waals surface area contributed by atoms with Crippen LogP contribution in [0.15, 0.2) is 41.3 Å². The van der Waals surface area contributed by atoms with Crippen molar-refractivity contribution in [2.75, 3.05) is 30.4 Å². The quantitative estimate of drug-likeness (QED) is 0.310. The zero-order valence-corrected chi connectivity index (χ0v) is 17.0. The average molecular weight is 433 g/mol. The highest BCUT2D eigenvalue weighted by atomic mass is 33.1. The molecule has 0 unspecified atom stereocenters. The third-order valence-corrected chi connectivity index (χ3v) is 7.90. The van der Waals surface area contributed by atoms with Gasteiger partial charge in [0, 0.05) is 36.0 Å². The number of amides is 1. The van der Waals surface area contributed by atoms with Gasteiger partial charge in [-0.05, 0) is 29.2 Å². The van der Waals surface area contributed by atoms with E-state index in [0.717, 1.165) is 10.8 Å². The van der Waals surface area contributed by atoms with E-state index in [-0.39, 0.29) is 29.5 Å². The topological polar surface area (TPSA) is 130 Å². The van der Waals surface area contributed by atoms with E-state index in [1.54, 1.807) is 24.3 Å². The summed E-state index contributed by atoms with van der Waals surface area (Å²) in [5, 5.41) is 6.72. The molecule has 1 amide bonds. The molecule has 0 saturated carbocycles. The molecule has 0 bridgehead atoms. The normalized spacial score (nSPS) is 12.1. The summed E-state index contributed by atoms with van der Waals surface area (Å²) in [4.78, 5) is 11.5. The number of benzene rings is 2. The number of carbonyl (C=O) groups is 1. The first-order valence-electron chi connectivity index (χ1n) is 7.92. The Morgan fingerprint density at radius 3 is 2.37 bits per heavy atom. The van der Waals surface area contributed by atoms with Gasteiger partial charge in [-0.2, -0.15) is 8.42 Å². The van der Waals surface area contributed by atoms with E-state index >= 15 is 0 Å². The fourth-order valence-corrected chi connectivity index (χ4v) is 4.51. The minimum atomic E-state index is -4.34. The summed E-state index contributed by atoms with van der Waals surface area (Å²) in [6.45, 7) is 0.628. The minimum absolute atomic E-state index is 0.102. The van der Waals surface area contributed by atoms with Crippen molar-refractivity contribution >= 4 is 52.1 Å². The number of hydrogen-bond donors (Lipinski definition) is 3. The molecule has 0 heterocycles. The monoisotopic (exact) mass is 432 g/mol. The van der Waals surface area contributed by atoms with Gasteiger partial charge in [-0.15, -0.1) is 0 Å². The number of rotatable bonds is 9. The second-order valence-corrected chi connectivity index (χ2v) is 11.4. The van der Waals surface area contributed by atoms with Crippen molar-refractivity contribution in [2.24, 2.45) is 0 Å². The Hall–Kier alpha value is -1.82. The highest BCUT2D eigenvalue weighted by Crippen LogP contribution is 2.28. The summed E-state index contributed by atoms with van der Waals surface area (Å²) in [6.07, 6.45) is 1.35. The van der Waals surface area contributed by atoms with Gasteiger partial charge in [0.05, 0.1) is 5.75 Å². The standard InChI is InChI=1S/C16H20N2O6S3/c1-25-26(20,21)11-8-16(19)18-10-9-17-14-6-2-5-13-12(14)4-3-7-15(13)27(22,23)24/h2-7,17H,8-11H2,1H3,(H,18,19)(H,22,23,24). The van der Waals surface area contributed by atoms with Crippen LogP contribution in [-0.4, -0.2) is 52.4 Å². The molecule has 8 nitrogen and oxygen atoms in total. The first-order chi connectivity index (χ1) is 12.6. The van der Waals surface area contributed by atoms with Gasteiger partial charge >= 0.3 is 0 Å². The maximum atomic E-state index is 11.7. The fourth-order valence-electron chi connectivity index (χ4n) is 2.45. The van der Waals surface area contributed by atoms with Gasteiger partial charge in [0.2, 0.25) is 14.8 Å². The van der Waals surface area contributed by atoms with E-state index in [2.05, 4.69) is 10.6 Å². The zero-order chi connectivity index (χ0) is 20.1. The van der Waals surface area contributed by atoms with Gasteiger partial charge in [0.15, 0.2) is 0 Å². The Bertz CT molecular complexity index is 1040. The molecule has 0 aliphatic heterocycles. The van der Waals surface area contributed by atoms with Crippen LogP contribution in [-0.2, 0) is 23.8 Å². The van der Waals surface area contributed by atoms with Gasteiger partial charge < -0.3 is 10.6 Å². The molecule has 0 aromatic heterocycles. The van der Waals surface area contributed by atoms with E-state index in [1.807, 2.05) is 0 Å². The molecule has 2 rings (SSSR count).